The SMILES string of the molecule is CC[C@@H](Oc1ccc(Cl)cc1)C(=O)NCCOc1cccc(C)c1C. The van der Waals surface area contributed by atoms with Gasteiger partial charge in [-0.2, -0.15) is 0 Å². The van der Waals surface area contributed by atoms with E-state index in [9.17, 15) is 4.79 Å². The van der Waals surface area contributed by atoms with Crippen molar-refractivity contribution in [2.45, 2.75) is 33.3 Å². The van der Waals surface area contributed by atoms with Crippen LogP contribution >= 0.6 is 11.6 Å². The monoisotopic (exact) mass is 361 g/mol. The Bertz CT molecular complexity index is 701. The Labute approximate surface area is 154 Å². The lowest BCUT2D eigenvalue weighted by Crippen LogP contribution is -2.39. The van der Waals surface area contributed by atoms with Crippen molar-refractivity contribution in [3.8, 4) is 11.5 Å². The molecule has 0 aliphatic heterocycles. The lowest BCUT2D eigenvalue weighted by Gasteiger charge is -2.17. The van der Waals surface area contributed by atoms with Crippen molar-refractivity contribution in [2.75, 3.05) is 13.2 Å². The molecule has 0 radical (unpaired) electrons. The maximum Gasteiger partial charge on any atom is 0.261 e. The van der Waals surface area contributed by atoms with Gasteiger partial charge in [0.15, 0.2) is 6.10 Å². The normalized spacial score (nSPS) is 11.7. The average Bonchev–Trinajstić information content (AvgIpc) is 2.61. The maximum absolute atomic E-state index is 12.3. The van der Waals surface area contributed by atoms with E-state index in [4.69, 9.17) is 21.1 Å². The summed E-state index contributed by atoms with van der Waals surface area (Å²) >= 11 is 5.85. The van der Waals surface area contributed by atoms with Crippen LogP contribution in [0, 0.1) is 13.8 Å². The molecule has 0 aromatic heterocycles. The van der Waals surface area contributed by atoms with E-state index in [0.717, 1.165) is 11.3 Å². The van der Waals surface area contributed by atoms with Gasteiger partial charge in [-0.3, -0.25) is 4.79 Å². The molecule has 1 N–H and O–H groups in total. The Morgan fingerprint density at radius 2 is 1.88 bits per heavy atom. The van der Waals surface area contributed by atoms with Crippen molar-refractivity contribution >= 4 is 17.5 Å². The second-order valence-electron chi connectivity index (χ2n) is 5.81. The molecule has 134 valence electrons. The fourth-order valence-corrected chi connectivity index (χ4v) is 2.46. The molecule has 2 aromatic carbocycles. The molecule has 0 aliphatic rings. The van der Waals surface area contributed by atoms with Crippen molar-refractivity contribution in [3.05, 3.63) is 58.6 Å². The summed E-state index contributed by atoms with van der Waals surface area (Å²) in [5.74, 6) is 1.32. The number of rotatable bonds is 8. The van der Waals surface area contributed by atoms with E-state index < -0.39 is 6.10 Å². The number of halogens is 1. The highest BCUT2D eigenvalue weighted by Crippen LogP contribution is 2.20. The van der Waals surface area contributed by atoms with E-state index in [2.05, 4.69) is 5.32 Å². The number of nitrogens with one attached hydrogen (secondary N) is 1. The Kier molecular flexibility index (Phi) is 7.14. The van der Waals surface area contributed by atoms with E-state index in [1.54, 1.807) is 24.3 Å². The fraction of sp³-hybridized carbons (Fsp3) is 0.350. The van der Waals surface area contributed by atoms with Crippen LogP contribution in [0.1, 0.15) is 24.5 Å². The van der Waals surface area contributed by atoms with Crippen molar-refractivity contribution in [1.82, 2.24) is 5.32 Å². The van der Waals surface area contributed by atoms with Crippen LogP contribution in [-0.2, 0) is 4.79 Å². The standard InChI is InChI=1S/C20H24ClNO3/c1-4-18(25-17-10-8-16(21)9-11-17)20(23)22-12-13-24-19-7-5-6-14(2)15(19)3/h5-11,18H,4,12-13H2,1-3H3,(H,22,23)/t18-/m1/s1. The van der Waals surface area contributed by atoms with Crippen LogP contribution in [0.5, 0.6) is 11.5 Å². The maximum atomic E-state index is 12.3. The number of aryl methyl sites for hydroxylation is 1. The summed E-state index contributed by atoms with van der Waals surface area (Å²) in [7, 11) is 0. The Hall–Kier alpha value is -2.20. The second-order valence-corrected chi connectivity index (χ2v) is 6.24. The molecule has 2 rings (SSSR count). The molecule has 0 heterocycles. The van der Waals surface area contributed by atoms with E-state index in [1.807, 2.05) is 39.0 Å². The van der Waals surface area contributed by atoms with E-state index in [-0.39, 0.29) is 5.91 Å². The van der Waals surface area contributed by atoms with Crippen molar-refractivity contribution in [1.29, 1.82) is 0 Å². The number of carbonyl (C=O) groups excluding carboxylic acids is 1. The highest BCUT2D eigenvalue weighted by Gasteiger charge is 2.17. The molecule has 0 saturated heterocycles. The predicted molar refractivity (Wildman–Crippen MR) is 101 cm³/mol. The first-order valence-corrected chi connectivity index (χ1v) is 8.78. The van der Waals surface area contributed by atoms with Gasteiger partial charge < -0.3 is 14.8 Å². The molecule has 1 atom stereocenters. The van der Waals surface area contributed by atoms with Crippen LogP contribution in [-0.4, -0.2) is 25.2 Å². The van der Waals surface area contributed by atoms with Gasteiger partial charge in [0, 0.05) is 5.02 Å². The third kappa shape index (κ3) is 5.68. The first-order valence-electron chi connectivity index (χ1n) is 8.40. The number of ether oxygens (including phenoxy) is 2. The molecule has 4 nitrogen and oxygen atoms in total. The zero-order valence-electron chi connectivity index (χ0n) is 14.8. The summed E-state index contributed by atoms with van der Waals surface area (Å²) in [5, 5.41) is 3.49. The zero-order valence-corrected chi connectivity index (χ0v) is 15.6. The van der Waals surface area contributed by atoms with Gasteiger partial charge in [0.05, 0.1) is 6.54 Å². The Balaban J connectivity index is 1.79. The van der Waals surface area contributed by atoms with Crippen LogP contribution in [0.3, 0.4) is 0 Å². The van der Waals surface area contributed by atoms with Gasteiger partial charge in [0.2, 0.25) is 0 Å². The van der Waals surface area contributed by atoms with Crippen molar-refractivity contribution in [2.24, 2.45) is 0 Å². The summed E-state index contributed by atoms with van der Waals surface area (Å²) in [4.78, 5) is 12.3. The second kappa shape index (κ2) is 9.33. The molecule has 2 aromatic rings. The first kappa shape index (κ1) is 19.1. The van der Waals surface area contributed by atoms with Crippen molar-refractivity contribution in [3.63, 3.8) is 0 Å². The molecule has 0 aliphatic carbocycles. The lowest BCUT2D eigenvalue weighted by molar-refractivity contribution is -0.128. The molecule has 0 fully saturated rings. The highest BCUT2D eigenvalue weighted by atomic mass is 35.5. The summed E-state index contributed by atoms with van der Waals surface area (Å²) in [6, 6.07) is 12.9. The van der Waals surface area contributed by atoms with E-state index in [1.165, 1.54) is 5.56 Å². The van der Waals surface area contributed by atoms with Gasteiger partial charge in [-0.15, -0.1) is 0 Å². The number of hydrogen-bond acceptors (Lipinski definition) is 3. The Morgan fingerprint density at radius 3 is 2.56 bits per heavy atom. The summed E-state index contributed by atoms with van der Waals surface area (Å²) in [5.41, 5.74) is 2.30. The van der Waals surface area contributed by atoms with Gasteiger partial charge >= 0.3 is 0 Å². The molecular weight excluding hydrogens is 338 g/mol. The number of hydrogen-bond donors (Lipinski definition) is 1. The van der Waals surface area contributed by atoms with Gasteiger partial charge in [-0.25, -0.2) is 0 Å². The Morgan fingerprint density at radius 1 is 1.16 bits per heavy atom. The smallest absolute Gasteiger partial charge is 0.261 e. The zero-order chi connectivity index (χ0) is 18.2. The minimum atomic E-state index is -0.540. The number of carbonyl (C=O) groups is 1. The van der Waals surface area contributed by atoms with Gasteiger partial charge in [-0.05, 0) is 61.7 Å². The largest absolute Gasteiger partial charge is 0.491 e. The van der Waals surface area contributed by atoms with Crippen LogP contribution in [0.25, 0.3) is 0 Å². The minimum Gasteiger partial charge on any atom is -0.491 e. The number of benzene rings is 2. The third-order valence-electron chi connectivity index (χ3n) is 3.97. The minimum absolute atomic E-state index is 0.151. The van der Waals surface area contributed by atoms with Gasteiger partial charge in [0.25, 0.3) is 5.91 Å². The topological polar surface area (TPSA) is 47.6 Å². The van der Waals surface area contributed by atoms with Crippen LogP contribution in [0.15, 0.2) is 42.5 Å². The van der Waals surface area contributed by atoms with Gasteiger partial charge in [-0.1, -0.05) is 30.7 Å². The first-order chi connectivity index (χ1) is 12.0. The van der Waals surface area contributed by atoms with E-state index >= 15 is 0 Å². The lowest BCUT2D eigenvalue weighted by atomic mass is 10.1. The molecule has 5 heteroatoms. The summed E-state index contributed by atoms with van der Waals surface area (Å²) in [6.45, 7) is 6.81. The van der Waals surface area contributed by atoms with Crippen LogP contribution in [0.4, 0.5) is 0 Å². The molecule has 0 spiro atoms. The fourth-order valence-electron chi connectivity index (χ4n) is 2.33. The van der Waals surface area contributed by atoms with Crippen molar-refractivity contribution < 1.29 is 14.3 Å². The highest BCUT2D eigenvalue weighted by molar-refractivity contribution is 6.30. The molecule has 0 bridgehead atoms. The van der Waals surface area contributed by atoms with Gasteiger partial charge in [0.1, 0.15) is 18.1 Å². The molecular formula is C20H24ClNO3. The molecule has 0 unspecified atom stereocenters. The number of amides is 1. The molecule has 1 amide bonds. The predicted octanol–water partition coefficient (Wildman–Crippen LogP) is 4.31. The summed E-state index contributed by atoms with van der Waals surface area (Å²) < 4.78 is 11.5. The van der Waals surface area contributed by atoms with E-state index in [0.29, 0.717) is 30.3 Å². The van der Waals surface area contributed by atoms with Crippen LogP contribution < -0.4 is 14.8 Å². The molecule has 25 heavy (non-hydrogen) atoms. The summed E-state index contributed by atoms with van der Waals surface area (Å²) in [6.07, 6.45) is 0.0358. The average molecular weight is 362 g/mol. The van der Waals surface area contributed by atoms with Crippen LogP contribution in [0.2, 0.25) is 5.02 Å². The quantitative estimate of drug-likeness (QED) is 0.713. The third-order valence-corrected chi connectivity index (χ3v) is 4.22. The molecule has 0 saturated carbocycles.